The van der Waals surface area contributed by atoms with Gasteiger partial charge in [-0.05, 0) is 34.7 Å². The molecule has 1 fully saturated rings. The maximum absolute atomic E-state index is 6.20. The van der Waals surface area contributed by atoms with Crippen LogP contribution in [0.3, 0.4) is 0 Å². The van der Waals surface area contributed by atoms with Crippen molar-refractivity contribution in [3.05, 3.63) is 64.9 Å². The highest BCUT2D eigenvalue weighted by Crippen LogP contribution is 2.34. The largest absolute Gasteiger partial charge is 0.496 e. The van der Waals surface area contributed by atoms with Gasteiger partial charge in [-0.15, -0.1) is 17.5 Å². The normalized spacial score (nSPS) is 15.3. The highest BCUT2D eigenvalue weighted by Gasteiger charge is 2.32. The maximum Gasteiger partial charge on any atom is 0.173 e. The molecule has 0 bridgehead atoms. The van der Waals surface area contributed by atoms with Gasteiger partial charge in [0.25, 0.3) is 0 Å². The number of halogens is 2. The van der Waals surface area contributed by atoms with Crippen LogP contribution in [0.15, 0.2) is 48.5 Å². The van der Waals surface area contributed by atoms with E-state index in [0.717, 1.165) is 54.0 Å². The fourth-order valence-electron chi connectivity index (χ4n) is 4.05. The van der Waals surface area contributed by atoms with Gasteiger partial charge in [-0.25, -0.2) is 4.68 Å². The molecule has 0 radical (unpaired) electrons. The second-order valence-electron chi connectivity index (χ2n) is 7.40. The molecule has 8 nitrogen and oxygen atoms in total. The van der Waals surface area contributed by atoms with Crippen LogP contribution in [-0.2, 0) is 11.3 Å². The van der Waals surface area contributed by atoms with Crippen LogP contribution in [0.4, 0.5) is 5.69 Å². The topological polar surface area (TPSA) is 68.5 Å². The van der Waals surface area contributed by atoms with Crippen LogP contribution in [0, 0.1) is 0 Å². The van der Waals surface area contributed by atoms with E-state index in [-0.39, 0.29) is 18.4 Å². The van der Waals surface area contributed by atoms with Gasteiger partial charge in [-0.3, -0.25) is 4.90 Å². The number of methoxy groups -OCH3 is 2. The number of benzene rings is 2. The number of nitrogens with zero attached hydrogens (tertiary/aromatic N) is 6. The predicted octanol–water partition coefficient (Wildman–Crippen LogP) is 3.31. The summed E-state index contributed by atoms with van der Waals surface area (Å²) in [6, 6.07) is 16.0. The Bertz CT molecular complexity index is 994. The Hall–Kier alpha value is -2.39. The summed E-state index contributed by atoms with van der Waals surface area (Å²) in [6.45, 7) is 4.60. The Morgan fingerprint density at radius 3 is 2.53 bits per heavy atom. The third-order valence-corrected chi connectivity index (χ3v) is 5.83. The van der Waals surface area contributed by atoms with E-state index in [4.69, 9.17) is 21.1 Å². The summed E-state index contributed by atoms with van der Waals surface area (Å²) >= 11 is 6.20. The van der Waals surface area contributed by atoms with Gasteiger partial charge < -0.3 is 14.4 Å². The summed E-state index contributed by atoms with van der Waals surface area (Å²) in [5, 5.41) is 13.3. The van der Waals surface area contributed by atoms with E-state index in [1.165, 1.54) is 0 Å². The van der Waals surface area contributed by atoms with Gasteiger partial charge in [-0.1, -0.05) is 35.9 Å². The number of hydrogen-bond donors (Lipinski definition) is 0. The molecule has 2 aromatic carbocycles. The number of rotatable bonds is 8. The van der Waals surface area contributed by atoms with E-state index in [1.807, 2.05) is 41.1 Å². The summed E-state index contributed by atoms with van der Waals surface area (Å²) in [7, 11) is 3.37. The number of piperazine rings is 1. The third-order valence-electron chi connectivity index (χ3n) is 5.60. The van der Waals surface area contributed by atoms with Crippen molar-refractivity contribution in [2.75, 3.05) is 51.9 Å². The van der Waals surface area contributed by atoms with Crippen LogP contribution in [-0.4, -0.2) is 72.1 Å². The number of ether oxygens (including phenoxy) is 2. The van der Waals surface area contributed by atoms with Crippen molar-refractivity contribution >= 4 is 29.7 Å². The van der Waals surface area contributed by atoms with Crippen LogP contribution in [0.25, 0.3) is 0 Å². The lowest BCUT2D eigenvalue weighted by molar-refractivity contribution is 0.171. The van der Waals surface area contributed by atoms with Crippen molar-refractivity contribution in [1.82, 2.24) is 25.1 Å². The molecule has 2 heterocycles. The smallest absolute Gasteiger partial charge is 0.173 e. The number of hydrogen-bond acceptors (Lipinski definition) is 7. The van der Waals surface area contributed by atoms with E-state index in [1.54, 1.807) is 14.2 Å². The minimum Gasteiger partial charge on any atom is -0.496 e. The fourth-order valence-corrected chi connectivity index (χ4v) is 4.23. The van der Waals surface area contributed by atoms with Crippen LogP contribution in [0.1, 0.15) is 17.4 Å². The number of tetrazole rings is 1. The van der Waals surface area contributed by atoms with Crippen LogP contribution < -0.4 is 9.64 Å². The molecule has 32 heavy (non-hydrogen) atoms. The zero-order valence-electron chi connectivity index (χ0n) is 18.2. The number of aromatic nitrogens is 4. The van der Waals surface area contributed by atoms with Crippen LogP contribution in [0.2, 0.25) is 5.02 Å². The van der Waals surface area contributed by atoms with Crippen LogP contribution in [0.5, 0.6) is 5.75 Å². The number of anilines is 1. The van der Waals surface area contributed by atoms with Crippen LogP contribution >= 0.6 is 24.0 Å². The summed E-state index contributed by atoms with van der Waals surface area (Å²) in [5.74, 6) is 1.61. The molecule has 1 aromatic heterocycles. The van der Waals surface area contributed by atoms with Gasteiger partial charge in [0.15, 0.2) is 5.82 Å². The van der Waals surface area contributed by atoms with Gasteiger partial charge in [0.1, 0.15) is 11.8 Å². The molecule has 1 saturated heterocycles. The highest BCUT2D eigenvalue weighted by molar-refractivity contribution is 6.30. The van der Waals surface area contributed by atoms with Crippen molar-refractivity contribution in [2.24, 2.45) is 0 Å². The van der Waals surface area contributed by atoms with E-state index < -0.39 is 0 Å². The summed E-state index contributed by atoms with van der Waals surface area (Å²) in [4.78, 5) is 4.77. The highest BCUT2D eigenvalue weighted by atomic mass is 35.5. The molecule has 0 aliphatic carbocycles. The van der Waals surface area contributed by atoms with Crippen molar-refractivity contribution in [2.45, 2.75) is 12.6 Å². The minimum absolute atomic E-state index is 0. The molecule has 3 aromatic rings. The van der Waals surface area contributed by atoms with Crippen molar-refractivity contribution in [1.29, 1.82) is 0 Å². The molecule has 1 atom stereocenters. The standard InChI is InChI=1S/C22H27ClN6O2.ClH/c1-30-15-14-29-22(24-25-26-29)21(19-8-3-4-9-20(19)31-2)28-12-10-27(11-13-28)18-7-5-6-17(23)16-18;/h3-9,16,21H,10-15H2,1-2H3;1H. The maximum atomic E-state index is 6.20. The zero-order chi connectivity index (χ0) is 21.6. The first-order valence-corrected chi connectivity index (χ1v) is 10.7. The minimum atomic E-state index is -0.121. The average Bonchev–Trinajstić information content (AvgIpc) is 3.26. The molecule has 1 unspecified atom stereocenters. The second-order valence-corrected chi connectivity index (χ2v) is 7.84. The SMILES string of the molecule is COCCn1nnnc1C(c1ccccc1OC)N1CCN(c2cccc(Cl)c2)CC1.Cl. The second kappa shape index (κ2) is 11.5. The van der Waals surface area contributed by atoms with Gasteiger partial charge in [0.2, 0.25) is 0 Å². The fraction of sp³-hybridized carbons (Fsp3) is 0.409. The van der Waals surface area contributed by atoms with E-state index >= 15 is 0 Å². The molecular weight excluding hydrogens is 451 g/mol. The van der Waals surface area contributed by atoms with Gasteiger partial charge in [0.05, 0.1) is 20.3 Å². The Kier molecular flexibility index (Phi) is 8.69. The Morgan fingerprint density at radius 1 is 1.03 bits per heavy atom. The Morgan fingerprint density at radius 2 is 1.81 bits per heavy atom. The molecule has 1 aliphatic rings. The average molecular weight is 479 g/mol. The zero-order valence-corrected chi connectivity index (χ0v) is 19.8. The molecule has 10 heteroatoms. The Balaban J connectivity index is 0.00000289. The molecule has 0 N–H and O–H groups in total. The van der Waals surface area contributed by atoms with Crippen molar-refractivity contribution < 1.29 is 9.47 Å². The van der Waals surface area contributed by atoms with Crippen molar-refractivity contribution in [3.8, 4) is 5.75 Å². The Labute approximate surface area is 199 Å². The first kappa shape index (κ1) is 24.3. The molecule has 4 rings (SSSR count). The molecular formula is C22H28Cl2N6O2. The summed E-state index contributed by atoms with van der Waals surface area (Å²) in [6.07, 6.45) is 0. The van der Waals surface area contributed by atoms with Gasteiger partial charge in [-0.2, -0.15) is 0 Å². The summed E-state index contributed by atoms with van der Waals surface area (Å²) < 4.78 is 12.8. The summed E-state index contributed by atoms with van der Waals surface area (Å²) in [5.41, 5.74) is 2.19. The van der Waals surface area contributed by atoms with E-state index in [0.29, 0.717) is 13.2 Å². The lowest BCUT2D eigenvalue weighted by Crippen LogP contribution is -2.48. The molecule has 1 aliphatic heterocycles. The lowest BCUT2D eigenvalue weighted by atomic mass is 10.0. The first-order valence-electron chi connectivity index (χ1n) is 10.3. The molecule has 0 amide bonds. The number of para-hydroxylation sites is 1. The third kappa shape index (κ3) is 5.32. The lowest BCUT2D eigenvalue weighted by Gasteiger charge is -2.40. The van der Waals surface area contributed by atoms with Gasteiger partial charge >= 0.3 is 0 Å². The van der Waals surface area contributed by atoms with Gasteiger partial charge in [0, 0.05) is 49.6 Å². The predicted molar refractivity (Wildman–Crippen MR) is 127 cm³/mol. The quantitative estimate of drug-likeness (QED) is 0.491. The first-order chi connectivity index (χ1) is 15.2. The molecule has 0 spiro atoms. The van der Waals surface area contributed by atoms with Crippen molar-refractivity contribution in [3.63, 3.8) is 0 Å². The molecule has 172 valence electrons. The van der Waals surface area contributed by atoms with E-state index in [2.05, 4.69) is 37.5 Å². The monoisotopic (exact) mass is 478 g/mol. The molecule has 0 saturated carbocycles. The van der Waals surface area contributed by atoms with E-state index in [9.17, 15) is 0 Å².